The molecule has 0 spiro atoms. The largest absolute Gasteiger partial charge is 0.393 e. The Labute approximate surface area is 532 Å². The van der Waals surface area contributed by atoms with Crippen LogP contribution in [0.5, 0.6) is 0 Å². The van der Waals surface area contributed by atoms with Crippen LogP contribution in [-0.2, 0) is 9.47 Å². The smallest absolute Gasteiger partial charge is 0.0957 e. The van der Waals surface area contributed by atoms with Crippen molar-refractivity contribution in [1.29, 1.82) is 0 Å². The van der Waals surface area contributed by atoms with Crippen LogP contribution in [0.3, 0.4) is 0 Å². The summed E-state index contributed by atoms with van der Waals surface area (Å²) < 4.78 is 10.2. The van der Waals surface area contributed by atoms with Crippen molar-refractivity contribution in [3.8, 4) is 0 Å². The van der Waals surface area contributed by atoms with Gasteiger partial charge in [0.25, 0.3) is 0 Å². The Bertz CT molecular complexity index is 1090. The van der Waals surface area contributed by atoms with Crippen LogP contribution in [-0.4, -0.2) is 358 Å². The fraction of sp³-hybridized carbons (Fsp3) is 1.00. The van der Waals surface area contributed by atoms with E-state index < -0.39 is 0 Å². The van der Waals surface area contributed by atoms with Crippen LogP contribution >= 0.6 is 0 Å². The number of nitrogens with one attached hydrogen (secondary N) is 9. The molecular weight excluding hydrogens is 1080 g/mol. The minimum absolute atomic E-state index is 0. The zero-order valence-corrected chi connectivity index (χ0v) is 57.0. The van der Waals surface area contributed by atoms with Crippen molar-refractivity contribution >= 4 is 0 Å². The normalized spacial score (nSPS) is 23.8. The number of aliphatic hydroxyl groups excluding tert-OH is 2. The van der Waals surface area contributed by atoms with Gasteiger partial charge in [0.05, 0.1) is 39.3 Å². The molecule has 86 heavy (non-hydrogen) atoms. The van der Waals surface area contributed by atoms with Crippen molar-refractivity contribution in [2.24, 2.45) is 0 Å². The van der Waals surface area contributed by atoms with Gasteiger partial charge in [0, 0.05) is 157 Å². The molecule has 0 saturated carbocycles. The lowest BCUT2D eigenvalue weighted by Crippen LogP contribution is -2.44. The summed E-state index contributed by atoms with van der Waals surface area (Å²) in [6.07, 6.45) is 16.0. The molecule has 12 heterocycles. The summed E-state index contributed by atoms with van der Waals surface area (Å²) in [4.78, 5) is 19.1. The Hall–Kier alpha value is -0.840. The van der Waals surface area contributed by atoms with Crippen LogP contribution in [0.4, 0.5) is 0 Å². The number of nitrogens with zero attached hydrogens (tertiary/aromatic N) is 8. The molecular formula is C65H149N17O4. The SMILES string of the molecule is C.C1CCNC1.C1CCNCC1.C1CNCCN1.C1COCCN1.CCN1CCCC1.CCN1CCCCC1.CCN1CCN(C)CC1.CCN1CCNCC1.CCN1CCOCC1.CN1CCNCC1.OC1CCNCC1.OCN1CCNCC1. The number of aliphatic hydroxyl groups is 2. The van der Waals surface area contributed by atoms with E-state index in [0.717, 1.165) is 144 Å². The summed E-state index contributed by atoms with van der Waals surface area (Å²) in [6, 6.07) is 0. The second-order valence-corrected chi connectivity index (χ2v) is 23.8. The number of morpholine rings is 2. The van der Waals surface area contributed by atoms with Crippen molar-refractivity contribution in [3.05, 3.63) is 0 Å². The highest BCUT2D eigenvalue weighted by Crippen LogP contribution is 2.07. The molecule has 12 saturated heterocycles. The molecule has 11 N–H and O–H groups in total. The lowest BCUT2D eigenvalue weighted by molar-refractivity contribution is 0.0405. The maximum Gasteiger partial charge on any atom is 0.0957 e. The Balaban J connectivity index is 0.000000918. The van der Waals surface area contributed by atoms with Gasteiger partial charge in [0.2, 0.25) is 0 Å². The molecule has 0 atom stereocenters. The molecule has 12 rings (SSSR count). The maximum atomic E-state index is 8.87. The molecule has 0 aromatic rings. The topological polar surface area (TPSA) is 193 Å². The van der Waals surface area contributed by atoms with Crippen molar-refractivity contribution < 1.29 is 19.7 Å². The molecule has 0 unspecified atom stereocenters. The second kappa shape index (κ2) is 67.1. The Morgan fingerprint density at radius 2 is 0.581 bits per heavy atom. The molecule has 518 valence electrons. The van der Waals surface area contributed by atoms with Crippen LogP contribution in [0, 0.1) is 0 Å². The fourth-order valence-corrected chi connectivity index (χ4v) is 10.5. The first-order chi connectivity index (χ1) is 41.8. The van der Waals surface area contributed by atoms with Crippen molar-refractivity contribution in [2.75, 3.05) is 302 Å². The highest BCUT2D eigenvalue weighted by molar-refractivity contribution is 4.70. The van der Waals surface area contributed by atoms with Gasteiger partial charge >= 0.3 is 0 Å². The number of likely N-dealkylation sites (tertiary alicyclic amines) is 2. The summed E-state index contributed by atoms with van der Waals surface area (Å²) >= 11 is 0. The van der Waals surface area contributed by atoms with Gasteiger partial charge in [-0.05, 0) is 176 Å². The van der Waals surface area contributed by atoms with Crippen molar-refractivity contribution in [2.45, 2.75) is 125 Å². The third-order valence-corrected chi connectivity index (χ3v) is 16.8. The number of rotatable bonds is 6. The molecule has 0 radical (unpaired) electrons. The van der Waals surface area contributed by atoms with Crippen LogP contribution in [0.2, 0.25) is 0 Å². The maximum absolute atomic E-state index is 8.87. The first-order valence-corrected chi connectivity index (χ1v) is 35.3. The summed E-state index contributed by atoms with van der Waals surface area (Å²) in [5.41, 5.74) is 0. The van der Waals surface area contributed by atoms with Gasteiger partial charge in [-0.25, -0.2) is 0 Å². The highest BCUT2D eigenvalue weighted by atomic mass is 16.5. The molecule has 0 aromatic heterocycles. The van der Waals surface area contributed by atoms with E-state index in [9.17, 15) is 0 Å². The van der Waals surface area contributed by atoms with Gasteiger partial charge in [0.15, 0.2) is 0 Å². The zero-order valence-electron chi connectivity index (χ0n) is 57.0. The van der Waals surface area contributed by atoms with Gasteiger partial charge in [-0.3, -0.25) is 9.80 Å². The molecule has 0 bridgehead atoms. The van der Waals surface area contributed by atoms with E-state index >= 15 is 0 Å². The number of likely N-dealkylation sites (N-methyl/N-ethyl adjacent to an activating group) is 5. The van der Waals surface area contributed by atoms with E-state index in [-0.39, 0.29) is 20.3 Å². The third-order valence-electron chi connectivity index (χ3n) is 16.8. The minimum atomic E-state index is -0.0266. The summed E-state index contributed by atoms with van der Waals surface area (Å²) in [6.45, 7) is 60.8. The number of hydrogen-bond acceptors (Lipinski definition) is 21. The van der Waals surface area contributed by atoms with Gasteiger partial charge in [0.1, 0.15) is 0 Å². The quantitative estimate of drug-likeness (QED) is 0.184. The van der Waals surface area contributed by atoms with Gasteiger partial charge in [-0.2, -0.15) is 0 Å². The number of ether oxygens (including phenoxy) is 2. The Morgan fingerprint density at radius 3 is 0.837 bits per heavy atom. The number of hydrogen-bond donors (Lipinski definition) is 11. The predicted octanol–water partition coefficient (Wildman–Crippen LogP) is 1.74. The Kier molecular flexibility index (Phi) is 66.4. The summed E-state index contributed by atoms with van der Waals surface area (Å²) in [5, 5.41) is 46.5. The molecule has 21 heteroatoms. The first-order valence-electron chi connectivity index (χ1n) is 35.3. The minimum Gasteiger partial charge on any atom is -0.393 e. The van der Waals surface area contributed by atoms with E-state index in [1.807, 2.05) is 4.90 Å². The number of piperazine rings is 5. The van der Waals surface area contributed by atoms with Crippen LogP contribution in [0.25, 0.3) is 0 Å². The van der Waals surface area contributed by atoms with Gasteiger partial charge in [-0.15, -0.1) is 0 Å². The van der Waals surface area contributed by atoms with Crippen molar-refractivity contribution in [3.63, 3.8) is 0 Å². The number of piperidine rings is 3. The lowest BCUT2D eigenvalue weighted by Gasteiger charge is -2.31. The summed E-state index contributed by atoms with van der Waals surface area (Å²) in [5.74, 6) is 0. The molecule has 12 fully saturated rings. The van der Waals surface area contributed by atoms with E-state index in [2.05, 4.69) is 131 Å². The van der Waals surface area contributed by atoms with Crippen molar-refractivity contribution in [1.82, 2.24) is 87.1 Å². The van der Waals surface area contributed by atoms with Gasteiger partial charge < -0.3 is 96.9 Å². The average Bonchev–Trinajstić information content (AvgIpc) is 4.40. The standard InChI is InChI=1S/C7H16N2.C7H15N.C6H14N2.C6H13NO.C6H13N.C5H12N2O.C5H12N2.C5H11NO.C5H11N.C4H10N2.C4H9NO.C4H9N.CH4/c1-3-9-6-4-8(2)5-7-9;1-2-8-6-4-3-5-7-8;1-2-8-5-3-7-4-6-8;1-2-7-3-5-8-6-4-7;1-2-7-5-3-4-6-7;8-5-7-3-1-6-2-4-7;1-7-4-2-6-3-5-7;7-5-1-3-6-4-2-5;1-2-4-6-5-3-1;1-2-6-4-3-5-1;1-3-6-4-2-5-1;1-2-4-5-3-1;/h3-7H2,1-2H3;2-7H2,1H3;7H,2-6H2,1H3;2-6H2,1H3;2-6H2,1H3;6,8H,1-5H2;6H,2-5H2,1H3;5-7H,1-4H2;6H,1-5H2;5-6H,1-4H2;5H,1-4H2;5H,1-4H2;1H4. The molecule has 12 aliphatic heterocycles. The lowest BCUT2D eigenvalue weighted by atomic mass is 10.1. The molecule has 0 aromatic carbocycles. The van der Waals surface area contributed by atoms with E-state index in [4.69, 9.17) is 19.7 Å². The highest BCUT2D eigenvalue weighted by Gasteiger charge is 2.12. The molecule has 0 amide bonds. The van der Waals surface area contributed by atoms with Crippen LogP contribution < -0.4 is 47.9 Å². The van der Waals surface area contributed by atoms with Crippen LogP contribution in [0.1, 0.15) is 119 Å². The van der Waals surface area contributed by atoms with E-state index in [0.29, 0.717) is 0 Å². The predicted molar refractivity (Wildman–Crippen MR) is 370 cm³/mol. The van der Waals surface area contributed by atoms with Crippen LogP contribution in [0.15, 0.2) is 0 Å². The zero-order chi connectivity index (χ0) is 61.6. The second-order valence-electron chi connectivity index (χ2n) is 23.8. The molecule has 21 nitrogen and oxygen atoms in total. The van der Waals surface area contributed by atoms with E-state index in [1.165, 1.54) is 215 Å². The monoisotopic (exact) mass is 1230 g/mol. The average molecular weight is 1230 g/mol. The van der Waals surface area contributed by atoms with Gasteiger partial charge in [-0.1, -0.05) is 54.9 Å². The van der Waals surface area contributed by atoms with E-state index in [1.54, 1.807) is 0 Å². The third kappa shape index (κ3) is 57.1. The summed E-state index contributed by atoms with van der Waals surface area (Å²) in [7, 11) is 4.34. The fourth-order valence-electron chi connectivity index (χ4n) is 10.5. The molecule has 0 aliphatic carbocycles. The Morgan fingerprint density at radius 1 is 0.291 bits per heavy atom. The molecule has 12 aliphatic rings. The first kappa shape index (κ1) is 85.2.